The molecule has 2 aromatic carbocycles. The summed E-state index contributed by atoms with van der Waals surface area (Å²) in [5.74, 6) is 1.48. The lowest BCUT2D eigenvalue weighted by atomic mass is 10.0. The van der Waals surface area contributed by atoms with Gasteiger partial charge in [-0.1, -0.05) is 59.7 Å². The van der Waals surface area contributed by atoms with E-state index >= 15 is 0 Å². The van der Waals surface area contributed by atoms with Crippen molar-refractivity contribution in [2.45, 2.75) is 78.6 Å². The van der Waals surface area contributed by atoms with Crippen LogP contribution in [0.15, 0.2) is 48.7 Å². The van der Waals surface area contributed by atoms with E-state index in [4.69, 9.17) is 19.4 Å². The third-order valence-electron chi connectivity index (χ3n) is 11.2. The summed E-state index contributed by atoms with van der Waals surface area (Å²) in [4.78, 5) is 73.2. The van der Waals surface area contributed by atoms with Gasteiger partial charge < -0.3 is 39.9 Å². The Balaban J connectivity index is 1.10. The number of methoxy groups -OCH3 is 2. The molecule has 2 aliphatic rings. The number of hydrogen-bond donors (Lipinski definition) is 4. The van der Waals surface area contributed by atoms with Crippen LogP contribution in [0.25, 0.3) is 42.8 Å². The van der Waals surface area contributed by atoms with Crippen molar-refractivity contribution in [3.05, 3.63) is 60.3 Å². The Morgan fingerprint density at radius 3 is 1.93 bits per heavy atom. The average Bonchev–Trinajstić information content (AvgIpc) is 4.03. The maximum Gasteiger partial charge on any atom is 0.407 e. The number of rotatable bonds is 10. The molecule has 0 radical (unpaired) electrons. The number of alkyl carbamates (subject to hydrolysis) is 2. The lowest BCUT2D eigenvalue weighted by Gasteiger charge is -2.30. The summed E-state index contributed by atoms with van der Waals surface area (Å²) >= 11 is 1.70. The molecular weight excluding hydrogens is 745 g/mol. The normalized spacial score (nSPS) is 20.7. The summed E-state index contributed by atoms with van der Waals surface area (Å²) < 4.78 is 10.7. The first kappa shape index (κ1) is 39.8. The van der Waals surface area contributed by atoms with Gasteiger partial charge in [-0.05, 0) is 71.7 Å². The molecule has 0 unspecified atom stereocenters. The van der Waals surface area contributed by atoms with Crippen LogP contribution in [0.2, 0.25) is 0 Å². The average molecular weight is 797 g/mol. The number of thiophene rings is 1. The molecule has 14 nitrogen and oxygen atoms in total. The topological polar surface area (TPSA) is 175 Å². The van der Waals surface area contributed by atoms with E-state index in [-0.39, 0.29) is 47.6 Å². The first-order valence-electron chi connectivity index (χ1n) is 19.6. The number of amides is 4. The number of carbonyl (C=O) groups is 4. The van der Waals surface area contributed by atoms with Gasteiger partial charge in [-0.3, -0.25) is 9.59 Å². The summed E-state index contributed by atoms with van der Waals surface area (Å²) in [7, 11) is 2.59. The van der Waals surface area contributed by atoms with E-state index in [1.807, 2.05) is 49.8 Å². The second-order valence-electron chi connectivity index (χ2n) is 16.3. The van der Waals surface area contributed by atoms with Crippen molar-refractivity contribution in [2.24, 2.45) is 23.7 Å². The van der Waals surface area contributed by atoms with Crippen LogP contribution in [0.5, 0.6) is 0 Å². The number of fused-ring (bicyclic) bond motifs is 2. The molecule has 5 aromatic rings. The number of benzene rings is 2. The SMILES string of the molecule is COC(=O)N[C@H](C(=O)N1C[C@@H](C)C[C@H]1c1ncc(-c2ccc3cc(-c4ccc5nc([C@@H]6C[C@H](C)CN6C(=O)[C@@H](NC(=O)OC)C(C)C)[nH]c5c4)sc3c2)[nH]1)C(C)C. The molecule has 0 bridgehead atoms. The first-order valence-corrected chi connectivity index (χ1v) is 20.4. The van der Waals surface area contributed by atoms with Gasteiger partial charge >= 0.3 is 12.2 Å². The van der Waals surface area contributed by atoms with Gasteiger partial charge in [-0.2, -0.15) is 0 Å². The predicted octanol–water partition coefficient (Wildman–Crippen LogP) is 7.41. The fourth-order valence-corrected chi connectivity index (χ4v) is 9.29. The van der Waals surface area contributed by atoms with E-state index in [0.29, 0.717) is 13.1 Å². The number of carbonyl (C=O) groups excluding carboxylic acids is 4. The van der Waals surface area contributed by atoms with Crippen LogP contribution in [0, 0.1) is 23.7 Å². The highest BCUT2D eigenvalue weighted by atomic mass is 32.1. The molecule has 3 aromatic heterocycles. The van der Waals surface area contributed by atoms with Gasteiger partial charge in [-0.25, -0.2) is 19.6 Å². The van der Waals surface area contributed by atoms with Crippen LogP contribution in [0.4, 0.5) is 9.59 Å². The standard InChI is InChI=1S/C42H52N8O6S/c1-21(2)35(47-41(53)55-7)39(51)49-19-23(5)13-31(49)37-43-18-30(46-37)25-9-10-27-17-34(57-33(27)16-25)26-11-12-28-29(15-26)45-38(44-28)32-14-24(6)20-50(32)40(52)36(22(3)4)48-42(54)56-8/h9-12,15-18,21-24,31-32,35-36H,13-14,19-20H2,1-8H3,(H,43,46)(H,44,45)(H,47,53)(H,48,54)/t23-,24-,31-,32-,35-,36-/m0/s1. The zero-order valence-corrected chi connectivity index (χ0v) is 34.5. The maximum atomic E-state index is 13.8. The zero-order valence-electron chi connectivity index (χ0n) is 33.7. The molecule has 6 atom stereocenters. The van der Waals surface area contributed by atoms with Crippen molar-refractivity contribution < 1.29 is 28.7 Å². The molecule has 7 rings (SSSR count). The second kappa shape index (κ2) is 16.2. The van der Waals surface area contributed by atoms with Gasteiger partial charge in [0.15, 0.2) is 0 Å². The number of likely N-dealkylation sites (tertiary alicyclic amines) is 2. The van der Waals surface area contributed by atoms with Gasteiger partial charge in [0, 0.05) is 28.2 Å². The van der Waals surface area contributed by atoms with Gasteiger partial charge in [0.2, 0.25) is 11.8 Å². The Bertz CT molecular complexity index is 2300. The minimum absolute atomic E-state index is 0.118. The van der Waals surface area contributed by atoms with E-state index in [1.54, 1.807) is 11.3 Å². The number of nitrogens with one attached hydrogen (secondary N) is 4. The molecule has 5 heterocycles. The lowest BCUT2D eigenvalue weighted by Crippen LogP contribution is -2.51. The maximum absolute atomic E-state index is 13.8. The van der Waals surface area contributed by atoms with Crippen LogP contribution >= 0.6 is 11.3 Å². The highest BCUT2D eigenvalue weighted by Crippen LogP contribution is 2.40. The Kier molecular flexibility index (Phi) is 11.3. The molecule has 2 fully saturated rings. The van der Waals surface area contributed by atoms with E-state index in [0.717, 1.165) is 67.3 Å². The molecule has 2 aliphatic heterocycles. The van der Waals surface area contributed by atoms with Gasteiger partial charge in [0.05, 0.1) is 49.2 Å². The molecule has 2 saturated heterocycles. The number of imidazole rings is 2. The largest absolute Gasteiger partial charge is 0.453 e. The number of hydrogen-bond acceptors (Lipinski definition) is 9. The first-order chi connectivity index (χ1) is 27.2. The summed E-state index contributed by atoms with van der Waals surface area (Å²) in [5.41, 5.74) is 4.62. The summed E-state index contributed by atoms with van der Waals surface area (Å²) in [6.45, 7) is 13.0. The van der Waals surface area contributed by atoms with E-state index in [9.17, 15) is 19.2 Å². The van der Waals surface area contributed by atoms with Crippen molar-refractivity contribution in [1.29, 1.82) is 0 Å². The lowest BCUT2D eigenvalue weighted by molar-refractivity contribution is -0.136. The predicted molar refractivity (Wildman–Crippen MR) is 219 cm³/mol. The number of H-pyrrole nitrogens is 2. The summed E-state index contributed by atoms with van der Waals surface area (Å²) in [5, 5.41) is 6.56. The molecule has 15 heteroatoms. The smallest absolute Gasteiger partial charge is 0.407 e. The molecule has 0 saturated carbocycles. The van der Waals surface area contributed by atoms with E-state index in [1.165, 1.54) is 14.2 Å². The Labute approximate surface area is 336 Å². The minimum Gasteiger partial charge on any atom is -0.453 e. The zero-order chi connectivity index (χ0) is 40.7. The monoisotopic (exact) mass is 796 g/mol. The molecule has 57 heavy (non-hydrogen) atoms. The Morgan fingerprint density at radius 1 is 0.772 bits per heavy atom. The van der Waals surface area contributed by atoms with Crippen molar-refractivity contribution in [3.63, 3.8) is 0 Å². The summed E-state index contributed by atoms with van der Waals surface area (Å²) in [6.07, 6.45) is 2.10. The van der Waals surface area contributed by atoms with Crippen molar-refractivity contribution in [1.82, 2.24) is 40.4 Å². The van der Waals surface area contributed by atoms with Gasteiger partial charge in [0.25, 0.3) is 0 Å². The Hall–Kier alpha value is -5.44. The van der Waals surface area contributed by atoms with Crippen LogP contribution in [0.1, 0.15) is 78.1 Å². The number of nitrogens with zero attached hydrogens (tertiary/aromatic N) is 4. The molecular formula is C42H52N8O6S. The highest BCUT2D eigenvalue weighted by molar-refractivity contribution is 7.22. The number of aromatic amines is 2. The van der Waals surface area contributed by atoms with E-state index in [2.05, 4.69) is 70.8 Å². The van der Waals surface area contributed by atoms with E-state index < -0.39 is 24.3 Å². The number of ether oxygens (including phenoxy) is 2. The quantitative estimate of drug-likeness (QED) is 0.113. The van der Waals surface area contributed by atoms with Crippen LogP contribution in [-0.2, 0) is 19.1 Å². The third kappa shape index (κ3) is 8.07. The Morgan fingerprint density at radius 2 is 1.35 bits per heavy atom. The fraction of sp³-hybridized carbons (Fsp3) is 0.476. The molecule has 4 amide bonds. The van der Waals surface area contributed by atoms with Crippen molar-refractivity contribution >= 4 is 56.5 Å². The fourth-order valence-electron chi connectivity index (χ4n) is 8.19. The third-order valence-corrected chi connectivity index (χ3v) is 12.4. The van der Waals surface area contributed by atoms with Crippen LogP contribution < -0.4 is 10.6 Å². The van der Waals surface area contributed by atoms with Crippen molar-refractivity contribution in [2.75, 3.05) is 27.3 Å². The van der Waals surface area contributed by atoms with Gasteiger partial charge in [0.1, 0.15) is 23.7 Å². The van der Waals surface area contributed by atoms with Crippen LogP contribution in [0.3, 0.4) is 0 Å². The minimum atomic E-state index is -0.706. The molecule has 302 valence electrons. The van der Waals surface area contributed by atoms with Crippen LogP contribution in [-0.4, -0.2) is 93.1 Å². The second-order valence-corrected chi connectivity index (χ2v) is 17.4. The molecule has 4 N–H and O–H groups in total. The van der Waals surface area contributed by atoms with Gasteiger partial charge in [-0.15, -0.1) is 11.3 Å². The highest BCUT2D eigenvalue weighted by Gasteiger charge is 2.41. The van der Waals surface area contributed by atoms with Crippen molar-refractivity contribution in [3.8, 4) is 21.7 Å². The summed E-state index contributed by atoms with van der Waals surface area (Å²) in [6, 6.07) is 12.9. The number of aromatic nitrogens is 4. The molecule has 0 aliphatic carbocycles. The molecule has 0 spiro atoms.